The molecule has 0 N–H and O–H groups in total. The van der Waals surface area contributed by atoms with E-state index in [4.69, 9.17) is 8.92 Å². The topological polar surface area (TPSA) is 52.6 Å². The third kappa shape index (κ3) is 2.65. The van der Waals surface area contributed by atoms with Crippen LogP contribution in [0.2, 0.25) is 0 Å². The van der Waals surface area contributed by atoms with Crippen LogP contribution in [0, 0.1) is 6.92 Å². The zero-order valence-corrected chi connectivity index (χ0v) is 11.5. The molecule has 1 heterocycles. The predicted molar refractivity (Wildman–Crippen MR) is 69.9 cm³/mol. The standard InChI is InChI=1S/C12H12O4S2/c1-9-5-6-10(11(8-9)15-2)16-18(13,14)12-4-3-7-17-12/h3-8H,1-2H3. The van der Waals surface area contributed by atoms with Crippen LogP contribution in [0.4, 0.5) is 0 Å². The van der Waals surface area contributed by atoms with Crippen molar-refractivity contribution in [1.82, 2.24) is 0 Å². The van der Waals surface area contributed by atoms with Crippen molar-refractivity contribution in [3.05, 3.63) is 41.3 Å². The van der Waals surface area contributed by atoms with Gasteiger partial charge in [-0.25, -0.2) is 0 Å². The molecule has 0 saturated carbocycles. The summed E-state index contributed by atoms with van der Waals surface area (Å²) in [7, 11) is -2.31. The third-order valence-electron chi connectivity index (χ3n) is 2.26. The highest BCUT2D eigenvalue weighted by Crippen LogP contribution is 2.31. The Hall–Kier alpha value is -1.53. The molecular weight excluding hydrogens is 272 g/mol. The second-order valence-electron chi connectivity index (χ2n) is 3.62. The zero-order chi connectivity index (χ0) is 13.2. The first-order valence-electron chi connectivity index (χ1n) is 5.15. The van der Waals surface area contributed by atoms with Gasteiger partial charge in [0.2, 0.25) is 0 Å². The number of rotatable bonds is 4. The van der Waals surface area contributed by atoms with Crippen LogP contribution in [-0.4, -0.2) is 15.5 Å². The van der Waals surface area contributed by atoms with Gasteiger partial charge in [0.05, 0.1) is 7.11 Å². The largest absolute Gasteiger partial charge is 0.493 e. The summed E-state index contributed by atoms with van der Waals surface area (Å²) in [4.78, 5) is 0. The van der Waals surface area contributed by atoms with Gasteiger partial charge in [-0.3, -0.25) is 0 Å². The first kappa shape index (κ1) is 12.9. The van der Waals surface area contributed by atoms with Crippen LogP contribution in [0.25, 0.3) is 0 Å². The maximum absolute atomic E-state index is 11.9. The maximum Gasteiger partial charge on any atom is 0.348 e. The van der Waals surface area contributed by atoms with E-state index in [-0.39, 0.29) is 9.96 Å². The van der Waals surface area contributed by atoms with Crippen molar-refractivity contribution in [1.29, 1.82) is 0 Å². The van der Waals surface area contributed by atoms with Gasteiger partial charge in [0.15, 0.2) is 15.7 Å². The van der Waals surface area contributed by atoms with Crippen LogP contribution in [0.5, 0.6) is 11.5 Å². The van der Waals surface area contributed by atoms with Crippen molar-refractivity contribution in [3.63, 3.8) is 0 Å². The first-order valence-corrected chi connectivity index (χ1v) is 7.44. The van der Waals surface area contributed by atoms with Gasteiger partial charge in [-0.1, -0.05) is 12.1 Å². The fraction of sp³-hybridized carbons (Fsp3) is 0.167. The van der Waals surface area contributed by atoms with Gasteiger partial charge in [-0.05, 0) is 36.1 Å². The summed E-state index contributed by atoms with van der Waals surface area (Å²) in [6.45, 7) is 1.89. The minimum Gasteiger partial charge on any atom is -0.493 e. The minimum absolute atomic E-state index is 0.171. The molecule has 0 fully saturated rings. The smallest absolute Gasteiger partial charge is 0.348 e. The molecule has 4 nitrogen and oxygen atoms in total. The highest BCUT2D eigenvalue weighted by Gasteiger charge is 2.19. The van der Waals surface area contributed by atoms with Crippen LogP contribution in [0.3, 0.4) is 0 Å². The molecule has 2 rings (SSSR count). The van der Waals surface area contributed by atoms with Crippen LogP contribution in [0.1, 0.15) is 5.56 Å². The molecular formula is C12H12O4S2. The summed E-state index contributed by atoms with van der Waals surface area (Å²) >= 11 is 1.11. The molecule has 0 spiro atoms. The number of benzene rings is 1. The highest BCUT2D eigenvalue weighted by molar-refractivity contribution is 7.89. The third-order valence-corrected chi connectivity index (χ3v) is 4.85. The molecule has 0 aliphatic carbocycles. The van der Waals surface area contributed by atoms with Crippen LogP contribution >= 0.6 is 11.3 Å². The molecule has 0 saturated heterocycles. The highest BCUT2D eigenvalue weighted by atomic mass is 32.3. The fourth-order valence-corrected chi connectivity index (χ4v) is 3.30. The van der Waals surface area contributed by atoms with E-state index in [0.717, 1.165) is 16.9 Å². The molecule has 0 aliphatic heterocycles. The number of methoxy groups -OCH3 is 1. The molecule has 18 heavy (non-hydrogen) atoms. The average molecular weight is 284 g/mol. The number of ether oxygens (including phenoxy) is 1. The van der Waals surface area contributed by atoms with E-state index in [1.807, 2.05) is 6.92 Å². The summed E-state index contributed by atoms with van der Waals surface area (Å²) in [6.07, 6.45) is 0. The normalized spacial score (nSPS) is 11.2. The number of thiophene rings is 1. The van der Waals surface area contributed by atoms with E-state index in [1.54, 1.807) is 29.6 Å². The van der Waals surface area contributed by atoms with Gasteiger partial charge in [-0.15, -0.1) is 11.3 Å². The minimum atomic E-state index is -3.78. The first-order chi connectivity index (χ1) is 8.53. The Morgan fingerprint density at radius 3 is 2.56 bits per heavy atom. The lowest BCUT2D eigenvalue weighted by atomic mass is 10.2. The molecule has 0 atom stereocenters. The summed E-state index contributed by atoms with van der Waals surface area (Å²) < 4.78 is 34.3. The van der Waals surface area contributed by atoms with E-state index < -0.39 is 10.1 Å². The molecule has 1 aromatic heterocycles. The zero-order valence-electron chi connectivity index (χ0n) is 9.91. The van der Waals surface area contributed by atoms with Crippen LogP contribution in [0.15, 0.2) is 39.9 Å². The van der Waals surface area contributed by atoms with Crippen molar-refractivity contribution in [2.24, 2.45) is 0 Å². The molecule has 1 aromatic carbocycles. The SMILES string of the molecule is COc1cc(C)ccc1OS(=O)(=O)c1cccs1. The Labute approximate surface area is 110 Å². The Kier molecular flexibility index (Phi) is 3.58. The van der Waals surface area contributed by atoms with Gasteiger partial charge in [0, 0.05) is 0 Å². The van der Waals surface area contributed by atoms with E-state index in [2.05, 4.69) is 0 Å². The Morgan fingerprint density at radius 2 is 1.94 bits per heavy atom. The van der Waals surface area contributed by atoms with Crippen LogP contribution < -0.4 is 8.92 Å². The maximum atomic E-state index is 11.9. The quantitative estimate of drug-likeness (QED) is 0.810. The van der Waals surface area contributed by atoms with Crippen molar-refractivity contribution in [2.45, 2.75) is 11.1 Å². The van der Waals surface area contributed by atoms with Gasteiger partial charge in [0.25, 0.3) is 0 Å². The van der Waals surface area contributed by atoms with Crippen molar-refractivity contribution < 1.29 is 17.3 Å². The van der Waals surface area contributed by atoms with Gasteiger partial charge >= 0.3 is 10.1 Å². The molecule has 0 radical (unpaired) electrons. The number of aryl methyl sites for hydroxylation is 1. The molecule has 2 aromatic rings. The molecule has 0 bridgehead atoms. The number of hydrogen-bond donors (Lipinski definition) is 0. The average Bonchev–Trinajstić information content (AvgIpc) is 2.85. The molecule has 0 unspecified atom stereocenters. The van der Waals surface area contributed by atoms with Gasteiger partial charge < -0.3 is 8.92 Å². The van der Waals surface area contributed by atoms with Gasteiger partial charge in [-0.2, -0.15) is 8.42 Å². The van der Waals surface area contributed by atoms with E-state index in [9.17, 15) is 8.42 Å². The fourth-order valence-electron chi connectivity index (χ4n) is 1.41. The molecule has 0 aliphatic rings. The summed E-state index contributed by atoms with van der Waals surface area (Å²) in [5.41, 5.74) is 0.965. The number of hydrogen-bond acceptors (Lipinski definition) is 5. The lowest BCUT2D eigenvalue weighted by Gasteiger charge is -2.10. The summed E-state index contributed by atoms with van der Waals surface area (Å²) in [6, 6.07) is 8.23. The van der Waals surface area contributed by atoms with E-state index in [1.165, 1.54) is 13.2 Å². The second-order valence-corrected chi connectivity index (χ2v) is 6.34. The van der Waals surface area contributed by atoms with E-state index >= 15 is 0 Å². The second kappa shape index (κ2) is 4.99. The monoisotopic (exact) mass is 284 g/mol. The summed E-state index contributed by atoms with van der Waals surface area (Å²) in [5.74, 6) is 0.589. The lowest BCUT2D eigenvalue weighted by Crippen LogP contribution is -2.08. The molecule has 0 amide bonds. The van der Waals surface area contributed by atoms with Gasteiger partial charge in [0.1, 0.15) is 0 Å². The summed E-state index contributed by atoms with van der Waals surface area (Å²) in [5, 5.41) is 1.68. The Bertz CT molecular complexity index is 630. The predicted octanol–water partition coefficient (Wildman–Crippen LogP) is 2.83. The Morgan fingerprint density at radius 1 is 1.17 bits per heavy atom. The van der Waals surface area contributed by atoms with E-state index in [0.29, 0.717) is 5.75 Å². The van der Waals surface area contributed by atoms with Crippen molar-refractivity contribution in [3.8, 4) is 11.5 Å². The molecule has 96 valence electrons. The van der Waals surface area contributed by atoms with Crippen molar-refractivity contribution in [2.75, 3.05) is 7.11 Å². The van der Waals surface area contributed by atoms with Crippen molar-refractivity contribution >= 4 is 21.5 Å². The molecule has 6 heteroatoms. The Balaban J connectivity index is 2.35. The lowest BCUT2D eigenvalue weighted by molar-refractivity contribution is 0.390. The van der Waals surface area contributed by atoms with Crippen LogP contribution in [-0.2, 0) is 10.1 Å².